The van der Waals surface area contributed by atoms with E-state index in [0.717, 1.165) is 27.7 Å². The van der Waals surface area contributed by atoms with Crippen molar-refractivity contribution in [2.45, 2.75) is 26.7 Å². The van der Waals surface area contributed by atoms with Crippen LogP contribution in [0.15, 0.2) is 54.7 Å². The molecule has 3 aromatic rings. The summed E-state index contributed by atoms with van der Waals surface area (Å²) >= 11 is 0. The molecule has 0 aliphatic carbocycles. The van der Waals surface area contributed by atoms with Gasteiger partial charge in [0.05, 0.1) is 5.52 Å². The zero-order valence-electron chi connectivity index (χ0n) is 13.9. The number of nitrogens with zero attached hydrogens (tertiary/aromatic N) is 1. The monoisotopic (exact) mass is 320 g/mol. The summed E-state index contributed by atoms with van der Waals surface area (Å²) in [7, 11) is 0. The van der Waals surface area contributed by atoms with Gasteiger partial charge in [-0.25, -0.2) is 0 Å². The summed E-state index contributed by atoms with van der Waals surface area (Å²) in [5.41, 5.74) is 3.78. The van der Waals surface area contributed by atoms with E-state index >= 15 is 0 Å². The van der Waals surface area contributed by atoms with E-state index in [0.29, 0.717) is 0 Å². The summed E-state index contributed by atoms with van der Waals surface area (Å²) < 4.78 is 1.61. The minimum Gasteiger partial charge on any atom is -0.326 e. The van der Waals surface area contributed by atoms with Crippen LogP contribution >= 0.6 is 0 Å². The zero-order chi connectivity index (χ0) is 17.1. The Kier molecular flexibility index (Phi) is 4.47. The summed E-state index contributed by atoms with van der Waals surface area (Å²) in [6, 6.07) is 15.5. The van der Waals surface area contributed by atoms with Gasteiger partial charge >= 0.3 is 0 Å². The predicted molar refractivity (Wildman–Crippen MR) is 96.3 cm³/mol. The Labute approximate surface area is 141 Å². The number of amides is 1. The summed E-state index contributed by atoms with van der Waals surface area (Å²) in [6.45, 7) is 3.93. The Balaban J connectivity index is 1.64. The number of carbonyl (C=O) groups excluding carboxylic acids is 2. The minimum absolute atomic E-state index is 0.0766. The highest BCUT2D eigenvalue weighted by Crippen LogP contribution is 2.18. The van der Waals surface area contributed by atoms with Crippen LogP contribution in [-0.2, 0) is 4.79 Å². The first-order chi connectivity index (χ1) is 11.5. The highest BCUT2D eigenvalue weighted by Gasteiger charge is 2.12. The molecule has 0 saturated heterocycles. The first kappa shape index (κ1) is 16.0. The van der Waals surface area contributed by atoms with Crippen LogP contribution in [-0.4, -0.2) is 16.4 Å². The molecule has 1 heterocycles. The van der Waals surface area contributed by atoms with Crippen molar-refractivity contribution in [3.63, 3.8) is 0 Å². The maximum atomic E-state index is 12.4. The molecule has 0 aliphatic heterocycles. The van der Waals surface area contributed by atoms with Gasteiger partial charge in [-0.15, -0.1) is 0 Å². The topological polar surface area (TPSA) is 51.1 Å². The molecular weight excluding hydrogens is 300 g/mol. The second kappa shape index (κ2) is 6.71. The maximum absolute atomic E-state index is 12.4. The van der Waals surface area contributed by atoms with E-state index in [9.17, 15) is 9.59 Å². The average Bonchev–Trinajstić information content (AvgIpc) is 3.00. The van der Waals surface area contributed by atoms with Crippen LogP contribution in [0.2, 0.25) is 0 Å². The van der Waals surface area contributed by atoms with Crippen LogP contribution in [0.3, 0.4) is 0 Å². The van der Waals surface area contributed by atoms with E-state index < -0.39 is 0 Å². The fourth-order valence-corrected chi connectivity index (χ4v) is 2.72. The first-order valence-electron chi connectivity index (χ1n) is 8.01. The fourth-order valence-electron chi connectivity index (χ4n) is 2.72. The Hall–Kier alpha value is -2.88. The number of fused-ring (bicyclic) bond motifs is 1. The predicted octanol–water partition coefficient (Wildman–Crippen LogP) is 4.32. The Morgan fingerprint density at radius 1 is 1.00 bits per heavy atom. The lowest BCUT2D eigenvalue weighted by atomic mass is 10.1. The number of aromatic nitrogens is 1. The van der Waals surface area contributed by atoms with Crippen molar-refractivity contribution in [2.75, 3.05) is 5.32 Å². The van der Waals surface area contributed by atoms with Crippen LogP contribution in [0, 0.1) is 13.8 Å². The highest BCUT2D eigenvalue weighted by atomic mass is 16.2. The van der Waals surface area contributed by atoms with E-state index in [2.05, 4.69) is 5.32 Å². The van der Waals surface area contributed by atoms with Crippen LogP contribution in [0.1, 0.15) is 28.8 Å². The second-order valence-electron chi connectivity index (χ2n) is 6.00. The van der Waals surface area contributed by atoms with Gasteiger partial charge in [0.2, 0.25) is 11.8 Å². The number of hydrogen-bond acceptors (Lipinski definition) is 2. The van der Waals surface area contributed by atoms with E-state index in [1.54, 1.807) is 10.8 Å². The van der Waals surface area contributed by atoms with Gasteiger partial charge in [-0.1, -0.05) is 30.3 Å². The van der Waals surface area contributed by atoms with Gasteiger partial charge in [0.1, 0.15) is 0 Å². The number of aryl methyl sites for hydroxylation is 2. The minimum atomic E-state index is -0.145. The lowest BCUT2D eigenvalue weighted by molar-refractivity contribution is -0.116. The molecule has 0 atom stereocenters. The summed E-state index contributed by atoms with van der Waals surface area (Å²) in [5, 5.41) is 3.91. The number of anilines is 1. The van der Waals surface area contributed by atoms with Crippen LogP contribution < -0.4 is 5.32 Å². The molecule has 4 heteroatoms. The molecule has 1 N–H and O–H groups in total. The highest BCUT2D eigenvalue weighted by molar-refractivity contribution is 5.97. The molecule has 3 rings (SSSR count). The van der Waals surface area contributed by atoms with Crippen molar-refractivity contribution in [1.29, 1.82) is 0 Å². The van der Waals surface area contributed by atoms with Crippen molar-refractivity contribution < 1.29 is 9.59 Å². The van der Waals surface area contributed by atoms with Gasteiger partial charge in [-0.05, 0) is 43.2 Å². The number of hydrogen-bond donors (Lipinski definition) is 1. The SMILES string of the molecule is Cc1ccc(C)c(NC(=O)CCC(=O)n2ccc3ccccc32)c1. The number of nitrogens with one attached hydrogen (secondary N) is 1. The third kappa shape index (κ3) is 3.38. The van der Waals surface area contributed by atoms with E-state index in [1.807, 2.05) is 62.4 Å². The Morgan fingerprint density at radius 2 is 1.79 bits per heavy atom. The number of para-hydroxylation sites is 1. The van der Waals surface area contributed by atoms with Crippen molar-refractivity contribution in [3.05, 3.63) is 65.9 Å². The van der Waals surface area contributed by atoms with Gasteiger partial charge in [0, 0.05) is 30.1 Å². The maximum Gasteiger partial charge on any atom is 0.231 e. The van der Waals surface area contributed by atoms with Gasteiger partial charge < -0.3 is 5.32 Å². The quantitative estimate of drug-likeness (QED) is 0.778. The fraction of sp³-hybridized carbons (Fsp3) is 0.200. The van der Waals surface area contributed by atoms with Gasteiger partial charge in [-0.3, -0.25) is 14.2 Å². The van der Waals surface area contributed by atoms with Gasteiger partial charge in [0.25, 0.3) is 0 Å². The molecule has 0 unspecified atom stereocenters. The number of carbonyl (C=O) groups is 2. The third-order valence-electron chi connectivity index (χ3n) is 4.10. The van der Waals surface area contributed by atoms with E-state index in [4.69, 9.17) is 0 Å². The van der Waals surface area contributed by atoms with E-state index in [-0.39, 0.29) is 24.7 Å². The van der Waals surface area contributed by atoms with Crippen molar-refractivity contribution >= 4 is 28.4 Å². The molecule has 0 fully saturated rings. The Morgan fingerprint density at radius 3 is 2.62 bits per heavy atom. The molecule has 0 bridgehead atoms. The summed E-state index contributed by atoms with van der Waals surface area (Å²) in [5.74, 6) is -0.221. The lowest BCUT2D eigenvalue weighted by Crippen LogP contribution is -2.16. The smallest absolute Gasteiger partial charge is 0.231 e. The Bertz CT molecular complexity index is 909. The van der Waals surface area contributed by atoms with Crippen molar-refractivity contribution in [2.24, 2.45) is 0 Å². The molecular formula is C20H20N2O2. The lowest BCUT2D eigenvalue weighted by Gasteiger charge is -2.09. The molecule has 122 valence electrons. The largest absolute Gasteiger partial charge is 0.326 e. The third-order valence-corrected chi connectivity index (χ3v) is 4.10. The molecule has 2 aromatic carbocycles. The molecule has 0 saturated carbocycles. The summed E-state index contributed by atoms with van der Waals surface area (Å²) in [6.07, 6.45) is 2.10. The van der Waals surface area contributed by atoms with Crippen molar-refractivity contribution in [3.8, 4) is 0 Å². The standard InChI is InChI=1S/C20H20N2O2/c1-14-7-8-15(2)17(13-14)21-19(23)9-10-20(24)22-12-11-16-5-3-4-6-18(16)22/h3-8,11-13H,9-10H2,1-2H3,(H,21,23). The van der Waals surface area contributed by atoms with Gasteiger partial charge in [-0.2, -0.15) is 0 Å². The average molecular weight is 320 g/mol. The molecule has 1 aromatic heterocycles. The van der Waals surface area contributed by atoms with Gasteiger partial charge in [0.15, 0.2) is 0 Å². The molecule has 0 spiro atoms. The molecule has 0 radical (unpaired) electrons. The van der Waals surface area contributed by atoms with E-state index in [1.165, 1.54) is 0 Å². The second-order valence-corrected chi connectivity index (χ2v) is 6.00. The first-order valence-corrected chi connectivity index (χ1v) is 8.01. The molecule has 0 aliphatic rings. The number of rotatable bonds is 4. The summed E-state index contributed by atoms with van der Waals surface area (Å²) in [4.78, 5) is 24.5. The van der Waals surface area contributed by atoms with Crippen molar-refractivity contribution in [1.82, 2.24) is 4.57 Å². The van der Waals surface area contributed by atoms with Crippen LogP contribution in [0.25, 0.3) is 10.9 Å². The zero-order valence-corrected chi connectivity index (χ0v) is 13.9. The number of benzene rings is 2. The van der Waals surface area contributed by atoms with Crippen LogP contribution in [0.4, 0.5) is 5.69 Å². The molecule has 1 amide bonds. The normalized spacial score (nSPS) is 10.8. The molecule has 4 nitrogen and oxygen atoms in total. The van der Waals surface area contributed by atoms with Crippen LogP contribution in [0.5, 0.6) is 0 Å². The molecule has 24 heavy (non-hydrogen) atoms.